The van der Waals surface area contributed by atoms with Gasteiger partial charge in [-0.05, 0) is 48.2 Å². The van der Waals surface area contributed by atoms with Gasteiger partial charge in [-0.1, -0.05) is 51.6 Å². The summed E-state index contributed by atoms with van der Waals surface area (Å²) in [4.78, 5) is 21.5. The molecule has 0 aliphatic rings. The Balaban J connectivity index is 1.52. The van der Waals surface area contributed by atoms with E-state index in [1.807, 2.05) is 51.1 Å². The first kappa shape index (κ1) is 24.5. The zero-order valence-electron chi connectivity index (χ0n) is 21.3. The fraction of sp³-hybridized carbons (Fsp3) is 0.167. The van der Waals surface area contributed by atoms with E-state index in [0.717, 1.165) is 50.2 Å². The van der Waals surface area contributed by atoms with Crippen molar-refractivity contribution in [2.45, 2.75) is 27.7 Å². The number of nitrogens with one attached hydrogen (secondary N) is 3. The molecule has 1 amide bonds. The summed E-state index contributed by atoms with van der Waals surface area (Å²) >= 11 is 1.71. The molecule has 0 aliphatic carbocycles. The second kappa shape index (κ2) is 9.67. The predicted molar refractivity (Wildman–Crippen MR) is 154 cm³/mol. The Labute approximate surface area is 220 Å². The SMILES string of the molecule is C=C/C=C(/c1cccs1)c1cc(-c2n[nH]c3ccc(-c4cncc(NC(=O)C(C)(C)C)c4)cc23)[nH]c1C. The number of aromatic amines is 2. The van der Waals surface area contributed by atoms with Gasteiger partial charge < -0.3 is 10.3 Å². The van der Waals surface area contributed by atoms with E-state index in [-0.39, 0.29) is 5.91 Å². The summed E-state index contributed by atoms with van der Waals surface area (Å²) < 4.78 is 0. The maximum atomic E-state index is 12.5. The van der Waals surface area contributed by atoms with Gasteiger partial charge in [0.1, 0.15) is 5.69 Å². The number of aromatic nitrogens is 4. The van der Waals surface area contributed by atoms with E-state index in [2.05, 4.69) is 68.6 Å². The van der Waals surface area contributed by atoms with Gasteiger partial charge in [-0.2, -0.15) is 5.10 Å². The lowest BCUT2D eigenvalue weighted by molar-refractivity contribution is -0.123. The van der Waals surface area contributed by atoms with Gasteiger partial charge in [-0.15, -0.1) is 11.3 Å². The van der Waals surface area contributed by atoms with Crippen LogP contribution in [0.1, 0.15) is 36.9 Å². The van der Waals surface area contributed by atoms with Crippen LogP contribution in [0.2, 0.25) is 0 Å². The molecule has 0 bridgehead atoms. The molecule has 3 N–H and O–H groups in total. The molecule has 7 heteroatoms. The average Bonchev–Trinajstić information content (AvgIpc) is 3.62. The maximum Gasteiger partial charge on any atom is 0.229 e. The van der Waals surface area contributed by atoms with Crippen LogP contribution < -0.4 is 5.32 Å². The minimum atomic E-state index is -0.488. The fourth-order valence-electron chi connectivity index (χ4n) is 4.20. The van der Waals surface area contributed by atoms with Crippen LogP contribution in [0, 0.1) is 12.3 Å². The van der Waals surface area contributed by atoms with Crippen molar-refractivity contribution in [1.82, 2.24) is 20.2 Å². The van der Waals surface area contributed by atoms with Crippen molar-refractivity contribution in [1.29, 1.82) is 0 Å². The van der Waals surface area contributed by atoms with Crippen LogP contribution in [0.4, 0.5) is 5.69 Å². The lowest BCUT2D eigenvalue weighted by Gasteiger charge is -2.17. The minimum Gasteiger partial charge on any atom is -0.357 e. The summed E-state index contributed by atoms with van der Waals surface area (Å²) in [6.45, 7) is 11.6. The smallest absolute Gasteiger partial charge is 0.229 e. The Morgan fingerprint density at radius 2 is 1.95 bits per heavy atom. The second-order valence-corrected chi connectivity index (χ2v) is 11.0. The van der Waals surface area contributed by atoms with Crippen LogP contribution in [0.25, 0.3) is 39.0 Å². The molecule has 4 heterocycles. The molecule has 6 nitrogen and oxygen atoms in total. The number of allylic oxidation sites excluding steroid dienone is 2. The van der Waals surface area contributed by atoms with Gasteiger partial charge in [0.2, 0.25) is 5.91 Å². The Kier molecular flexibility index (Phi) is 6.39. The molecule has 0 saturated carbocycles. The largest absolute Gasteiger partial charge is 0.357 e. The number of amides is 1. The summed E-state index contributed by atoms with van der Waals surface area (Å²) in [5, 5.41) is 13.8. The van der Waals surface area contributed by atoms with E-state index >= 15 is 0 Å². The van der Waals surface area contributed by atoms with Crippen molar-refractivity contribution in [3.05, 3.63) is 95.1 Å². The number of thiophene rings is 1. The molecule has 0 fully saturated rings. The number of carbonyl (C=O) groups excluding carboxylic acids is 1. The van der Waals surface area contributed by atoms with Crippen LogP contribution in [0.3, 0.4) is 0 Å². The monoisotopic (exact) mass is 507 g/mol. The summed E-state index contributed by atoms with van der Waals surface area (Å²) in [6, 6.07) is 14.4. The molecule has 0 atom stereocenters. The number of rotatable bonds is 6. The number of anilines is 1. The fourth-order valence-corrected chi connectivity index (χ4v) is 4.97. The zero-order valence-corrected chi connectivity index (χ0v) is 22.2. The molecule has 0 spiro atoms. The van der Waals surface area contributed by atoms with Crippen molar-refractivity contribution >= 4 is 39.4 Å². The molecule has 1 aromatic carbocycles. The molecule has 4 aromatic heterocycles. The van der Waals surface area contributed by atoms with Crippen molar-refractivity contribution in [3.8, 4) is 22.5 Å². The number of H-pyrrole nitrogens is 2. The molecule has 186 valence electrons. The zero-order chi connectivity index (χ0) is 26.2. The molecule has 5 aromatic rings. The Hall–Kier alpha value is -4.23. The van der Waals surface area contributed by atoms with E-state index in [9.17, 15) is 4.79 Å². The number of hydrogen-bond acceptors (Lipinski definition) is 4. The third-order valence-electron chi connectivity index (χ3n) is 6.20. The van der Waals surface area contributed by atoms with Gasteiger partial charge in [-0.3, -0.25) is 14.9 Å². The Morgan fingerprint density at radius 1 is 1.11 bits per heavy atom. The standard InChI is InChI=1S/C30H29N5OS/c1-6-8-22(27-9-7-12-37-27)23-15-26(32-18(23)2)28-24-14-19(10-11-25(24)34-35-28)20-13-21(17-31-16-20)33-29(36)30(3,4)5/h6-17,32H,1H2,2-5H3,(H,33,36)(H,34,35)/b22-8+. The first-order valence-corrected chi connectivity index (χ1v) is 12.9. The van der Waals surface area contributed by atoms with Crippen molar-refractivity contribution in [3.63, 3.8) is 0 Å². The number of fused-ring (bicyclic) bond motifs is 1. The van der Waals surface area contributed by atoms with Gasteiger partial charge in [0.15, 0.2) is 0 Å². The maximum absolute atomic E-state index is 12.5. The van der Waals surface area contributed by atoms with Gasteiger partial charge in [0.05, 0.1) is 23.1 Å². The van der Waals surface area contributed by atoms with Crippen LogP contribution in [-0.4, -0.2) is 26.1 Å². The highest BCUT2D eigenvalue weighted by Gasteiger charge is 2.21. The Bertz CT molecular complexity index is 1630. The van der Waals surface area contributed by atoms with Gasteiger partial charge in [0.25, 0.3) is 0 Å². The van der Waals surface area contributed by atoms with Gasteiger partial charge >= 0.3 is 0 Å². The quantitative estimate of drug-likeness (QED) is 0.207. The van der Waals surface area contributed by atoms with Crippen LogP contribution in [-0.2, 0) is 4.79 Å². The van der Waals surface area contributed by atoms with E-state index < -0.39 is 5.41 Å². The number of benzene rings is 1. The highest BCUT2D eigenvalue weighted by Crippen LogP contribution is 2.35. The first-order chi connectivity index (χ1) is 17.7. The number of nitrogens with zero attached hydrogens (tertiary/aromatic N) is 2. The molecule has 0 unspecified atom stereocenters. The summed E-state index contributed by atoms with van der Waals surface area (Å²) in [5.74, 6) is -0.0515. The molecular weight excluding hydrogens is 478 g/mol. The lowest BCUT2D eigenvalue weighted by atomic mass is 9.95. The first-order valence-electron chi connectivity index (χ1n) is 12.1. The van der Waals surface area contributed by atoms with Gasteiger partial charge in [0, 0.05) is 44.3 Å². The molecule has 37 heavy (non-hydrogen) atoms. The van der Waals surface area contributed by atoms with Crippen LogP contribution in [0.15, 0.2) is 79.0 Å². The van der Waals surface area contributed by atoms with E-state index in [4.69, 9.17) is 0 Å². The van der Waals surface area contributed by atoms with Crippen LogP contribution in [0.5, 0.6) is 0 Å². The summed E-state index contributed by atoms with van der Waals surface area (Å²) in [6.07, 6.45) is 7.34. The van der Waals surface area contributed by atoms with E-state index in [1.54, 1.807) is 23.7 Å². The number of carbonyl (C=O) groups is 1. The lowest BCUT2D eigenvalue weighted by Crippen LogP contribution is -2.27. The minimum absolute atomic E-state index is 0.0515. The highest BCUT2D eigenvalue weighted by atomic mass is 32.1. The van der Waals surface area contributed by atoms with E-state index in [1.165, 1.54) is 4.88 Å². The second-order valence-electron chi connectivity index (χ2n) is 10.0. The topological polar surface area (TPSA) is 86.5 Å². The summed E-state index contributed by atoms with van der Waals surface area (Å²) in [7, 11) is 0. The molecule has 0 aliphatic heterocycles. The molecule has 0 radical (unpaired) electrons. The van der Waals surface area contributed by atoms with Crippen molar-refractivity contribution in [2.24, 2.45) is 5.41 Å². The van der Waals surface area contributed by atoms with Crippen molar-refractivity contribution < 1.29 is 4.79 Å². The third kappa shape index (κ3) is 4.90. The molecule has 5 rings (SSSR count). The van der Waals surface area contributed by atoms with E-state index in [0.29, 0.717) is 5.69 Å². The molecular formula is C30H29N5OS. The molecule has 0 saturated heterocycles. The Morgan fingerprint density at radius 3 is 2.68 bits per heavy atom. The van der Waals surface area contributed by atoms with Crippen LogP contribution >= 0.6 is 11.3 Å². The predicted octanol–water partition coefficient (Wildman–Crippen LogP) is 7.59. The summed E-state index contributed by atoms with van der Waals surface area (Å²) in [5.41, 5.74) is 8.13. The van der Waals surface area contributed by atoms with Crippen molar-refractivity contribution in [2.75, 3.05) is 5.32 Å². The third-order valence-corrected chi connectivity index (χ3v) is 7.11. The number of pyridine rings is 1. The normalized spacial score (nSPS) is 12.2. The number of aryl methyl sites for hydroxylation is 1. The van der Waals surface area contributed by atoms with Gasteiger partial charge in [-0.25, -0.2) is 0 Å². The number of hydrogen-bond donors (Lipinski definition) is 3. The average molecular weight is 508 g/mol. The highest BCUT2D eigenvalue weighted by molar-refractivity contribution is 7.11.